The number of ether oxygens (including phenoxy) is 3. The SMILES string of the molecule is CCOC(=O)COc1c(/C=C2\C(=O)NN(c3ccccc3)C2=O)cc(Br)cc1OC. The van der Waals surface area contributed by atoms with E-state index in [0.29, 0.717) is 21.5 Å². The Balaban J connectivity index is 1.97. The molecule has 8 nitrogen and oxygen atoms in total. The van der Waals surface area contributed by atoms with Crippen molar-refractivity contribution in [2.75, 3.05) is 25.3 Å². The number of hydrogen-bond donors (Lipinski definition) is 1. The molecule has 30 heavy (non-hydrogen) atoms. The number of hydrazine groups is 1. The van der Waals surface area contributed by atoms with Crippen molar-refractivity contribution in [2.45, 2.75) is 6.92 Å². The van der Waals surface area contributed by atoms with E-state index in [4.69, 9.17) is 14.2 Å². The fraction of sp³-hybridized carbons (Fsp3) is 0.190. The van der Waals surface area contributed by atoms with Gasteiger partial charge in [-0.05, 0) is 37.3 Å². The molecule has 9 heteroatoms. The highest BCUT2D eigenvalue weighted by Crippen LogP contribution is 2.37. The summed E-state index contributed by atoms with van der Waals surface area (Å²) in [6, 6.07) is 12.0. The van der Waals surface area contributed by atoms with E-state index >= 15 is 0 Å². The number of carbonyl (C=O) groups is 3. The maximum atomic E-state index is 12.8. The molecule has 0 aromatic heterocycles. The third-order valence-corrected chi connectivity index (χ3v) is 4.57. The predicted molar refractivity (Wildman–Crippen MR) is 113 cm³/mol. The number of rotatable bonds is 7. The van der Waals surface area contributed by atoms with Crippen molar-refractivity contribution in [2.24, 2.45) is 0 Å². The van der Waals surface area contributed by atoms with Crippen LogP contribution in [0.4, 0.5) is 5.69 Å². The van der Waals surface area contributed by atoms with Gasteiger partial charge in [0.05, 0.1) is 19.4 Å². The molecule has 1 saturated heterocycles. The highest BCUT2D eigenvalue weighted by atomic mass is 79.9. The van der Waals surface area contributed by atoms with E-state index in [9.17, 15) is 14.4 Å². The molecule has 1 aliphatic heterocycles. The topological polar surface area (TPSA) is 94.2 Å². The average molecular weight is 475 g/mol. The number of methoxy groups -OCH3 is 1. The van der Waals surface area contributed by atoms with Crippen LogP contribution in [0.5, 0.6) is 11.5 Å². The normalized spacial score (nSPS) is 14.6. The number of halogens is 1. The molecule has 0 saturated carbocycles. The Morgan fingerprint density at radius 2 is 1.93 bits per heavy atom. The Bertz CT molecular complexity index is 1010. The number of amides is 2. The van der Waals surface area contributed by atoms with Crippen LogP contribution in [0, 0.1) is 0 Å². The highest BCUT2D eigenvalue weighted by molar-refractivity contribution is 9.10. The zero-order valence-corrected chi connectivity index (χ0v) is 17.9. The molecule has 0 atom stereocenters. The number of hydrogen-bond acceptors (Lipinski definition) is 6. The van der Waals surface area contributed by atoms with Crippen LogP contribution >= 0.6 is 15.9 Å². The molecule has 1 aliphatic rings. The third kappa shape index (κ3) is 4.62. The second kappa shape index (κ2) is 9.45. The summed E-state index contributed by atoms with van der Waals surface area (Å²) in [5.74, 6) is -1.09. The lowest BCUT2D eigenvalue weighted by Crippen LogP contribution is -2.35. The lowest BCUT2D eigenvalue weighted by atomic mass is 10.1. The quantitative estimate of drug-likeness (QED) is 0.376. The Morgan fingerprint density at radius 3 is 2.60 bits per heavy atom. The minimum atomic E-state index is -0.556. The smallest absolute Gasteiger partial charge is 0.344 e. The fourth-order valence-corrected chi connectivity index (χ4v) is 3.26. The van der Waals surface area contributed by atoms with Crippen LogP contribution < -0.4 is 19.9 Å². The molecule has 0 radical (unpaired) electrons. The van der Waals surface area contributed by atoms with Crippen LogP contribution in [0.25, 0.3) is 6.08 Å². The van der Waals surface area contributed by atoms with Gasteiger partial charge in [-0.1, -0.05) is 34.1 Å². The van der Waals surface area contributed by atoms with Crippen LogP contribution in [0.2, 0.25) is 0 Å². The Kier molecular flexibility index (Phi) is 6.73. The first-order valence-corrected chi connectivity index (χ1v) is 9.82. The van der Waals surface area contributed by atoms with E-state index in [-0.39, 0.29) is 24.5 Å². The lowest BCUT2D eigenvalue weighted by Gasteiger charge is -2.14. The second-order valence-corrected chi connectivity index (χ2v) is 7.01. The fourth-order valence-electron chi connectivity index (χ4n) is 2.81. The first-order valence-electron chi connectivity index (χ1n) is 9.02. The van der Waals surface area contributed by atoms with E-state index in [1.54, 1.807) is 43.3 Å². The van der Waals surface area contributed by atoms with Crippen molar-refractivity contribution >= 4 is 45.5 Å². The number of benzene rings is 2. The van der Waals surface area contributed by atoms with Crippen molar-refractivity contribution in [1.82, 2.24) is 5.43 Å². The summed E-state index contributed by atoms with van der Waals surface area (Å²) in [7, 11) is 1.44. The van der Waals surface area contributed by atoms with Crippen LogP contribution in [0.1, 0.15) is 12.5 Å². The van der Waals surface area contributed by atoms with E-state index in [2.05, 4.69) is 21.4 Å². The van der Waals surface area contributed by atoms with Gasteiger partial charge in [0.2, 0.25) is 0 Å². The Hall–Kier alpha value is -3.33. The number of para-hydroxylation sites is 1. The van der Waals surface area contributed by atoms with Gasteiger partial charge in [-0.3, -0.25) is 15.0 Å². The maximum absolute atomic E-state index is 12.8. The molecule has 2 aromatic rings. The zero-order chi connectivity index (χ0) is 21.7. The van der Waals surface area contributed by atoms with Gasteiger partial charge < -0.3 is 14.2 Å². The largest absolute Gasteiger partial charge is 0.493 e. The van der Waals surface area contributed by atoms with Crippen LogP contribution in [0.15, 0.2) is 52.5 Å². The average Bonchev–Trinajstić information content (AvgIpc) is 3.01. The minimum absolute atomic E-state index is 0.0833. The molecule has 3 rings (SSSR count). The molecule has 2 aromatic carbocycles. The standard InChI is InChI=1S/C21H19BrN2O6/c1-3-29-18(25)12-30-19-13(9-14(22)11-17(19)28-2)10-16-20(26)23-24(21(16)27)15-7-5-4-6-8-15/h4-11H,3,12H2,1-2H3,(H,23,26)/b16-10+. The second-order valence-electron chi connectivity index (χ2n) is 6.10. The summed E-state index contributed by atoms with van der Waals surface area (Å²) in [5.41, 5.74) is 3.38. The van der Waals surface area contributed by atoms with Crippen LogP contribution in [-0.2, 0) is 19.1 Å². The van der Waals surface area contributed by atoms with Gasteiger partial charge in [-0.2, -0.15) is 0 Å². The summed E-state index contributed by atoms with van der Waals surface area (Å²) in [5, 5.41) is 1.17. The molecule has 1 fully saturated rings. The minimum Gasteiger partial charge on any atom is -0.493 e. The lowest BCUT2D eigenvalue weighted by molar-refractivity contribution is -0.145. The molecule has 0 aliphatic carbocycles. The van der Waals surface area contributed by atoms with Crippen molar-refractivity contribution in [3.63, 3.8) is 0 Å². The van der Waals surface area contributed by atoms with Crippen molar-refractivity contribution in [1.29, 1.82) is 0 Å². The molecule has 0 bridgehead atoms. The zero-order valence-electron chi connectivity index (χ0n) is 16.3. The summed E-state index contributed by atoms with van der Waals surface area (Å²) in [4.78, 5) is 37.0. The van der Waals surface area contributed by atoms with Gasteiger partial charge in [0, 0.05) is 10.0 Å². The van der Waals surface area contributed by atoms with Gasteiger partial charge in [-0.25, -0.2) is 9.80 Å². The van der Waals surface area contributed by atoms with Crippen molar-refractivity contribution in [3.8, 4) is 11.5 Å². The van der Waals surface area contributed by atoms with E-state index in [1.807, 2.05) is 6.07 Å². The first kappa shape index (κ1) is 21.4. The number of nitrogens with zero attached hydrogens (tertiary/aromatic N) is 1. The molecule has 156 valence electrons. The number of anilines is 1. The molecule has 1 heterocycles. The van der Waals surface area contributed by atoms with E-state index < -0.39 is 17.8 Å². The maximum Gasteiger partial charge on any atom is 0.344 e. The van der Waals surface area contributed by atoms with Crippen molar-refractivity contribution < 1.29 is 28.6 Å². The third-order valence-electron chi connectivity index (χ3n) is 4.11. The van der Waals surface area contributed by atoms with Gasteiger partial charge in [0.25, 0.3) is 11.8 Å². The Labute approximate surface area is 181 Å². The summed E-state index contributed by atoms with van der Waals surface area (Å²) >= 11 is 3.37. The molecule has 1 N–H and O–H groups in total. The molecule has 0 unspecified atom stereocenters. The van der Waals surface area contributed by atoms with Gasteiger partial charge in [-0.15, -0.1) is 0 Å². The van der Waals surface area contributed by atoms with Crippen LogP contribution in [-0.4, -0.2) is 38.1 Å². The van der Waals surface area contributed by atoms with Gasteiger partial charge >= 0.3 is 5.97 Å². The number of nitrogens with one attached hydrogen (secondary N) is 1. The molecule has 0 spiro atoms. The molecule has 2 amide bonds. The van der Waals surface area contributed by atoms with Crippen molar-refractivity contribution in [3.05, 3.63) is 58.1 Å². The summed E-state index contributed by atoms with van der Waals surface area (Å²) in [6.07, 6.45) is 1.40. The number of esters is 1. The van der Waals surface area contributed by atoms with E-state index in [0.717, 1.165) is 0 Å². The molecular weight excluding hydrogens is 456 g/mol. The van der Waals surface area contributed by atoms with Gasteiger partial charge in [0.15, 0.2) is 18.1 Å². The van der Waals surface area contributed by atoms with Crippen LogP contribution in [0.3, 0.4) is 0 Å². The summed E-state index contributed by atoms with van der Waals surface area (Å²) < 4.78 is 16.5. The predicted octanol–water partition coefficient (Wildman–Crippen LogP) is 2.86. The number of carbonyl (C=O) groups excluding carboxylic acids is 3. The van der Waals surface area contributed by atoms with E-state index in [1.165, 1.54) is 18.2 Å². The molecular formula is C21H19BrN2O6. The first-order chi connectivity index (χ1) is 14.4. The monoisotopic (exact) mass is 474 g/mol. The Morgan fingerprint density at radius 1 is 1.20 bits per heavy atom. The summed E-state index contributed by atoms with van der Waals surface area (Å²) in [6.45, 7) is 1.57. The van der Waals surface area contributed by atoms with Gasteiger partial charge in [0.1, 0.15) is 5.57 Å². The highest BCUT2D eigenvalue weighted by Gasteiger charge is 2.34.